The van der Waals surface area contributed by atoms with Crippen LogP contribution in [0.25, 0.3) is 11.3 Å². The third-order valence-electron chi connectivity index (χ3n) is 7.84. The highest BCUT2D eigenvalue weighted by atomic mass is 35.5. The number of carbonyl (C=O) groups excluding carboxylic acids is 3. The van der Waals surface area contributed by atoms with Crippen molar-refractivity contribution in [1.29, 1.82) is 0 Å². The molecule has 3 aromatic rings. The minimum atomic E-state index is -1.22. The van der Waals surface area contributed by atoms with Crippen molar-refractivity contribution in [3.05, 3.63) is 63.8 Å². The average molecular weight is 698 g/mol. The molecular weight excluding hydrogens is 665 g/mol. The Hall–Kier alpha value is -4.31. The molecule has 1 aromatic heterocycles. The Morgan fingerprint density at radius 1 is 1.17 bits per heavy atom. The number of aromatic nitrogens is 2. The van der Waals surface area contributed by atoms with Gasteiger partial charge in [-0.1, -0.05) is 23.2 Å². The summed E-state index contributed by atoms with van der Waals surface area (Å²) >= 11 is 12.6. The van der Waals surface area contributed by atoms with Gasteiger partial charge in [0.05, 0.1) is 39.6 Å². The Morgan fingerprint density at radius 3 is 2.49 bits per heavy atom. The van der Waals surface area contributed by atoms with Crippen molar-refractivity contribution >= 4 is 53.1 Å². The lowest BCUT2D eigenvalue weighted by atomic mass is 9.95. The van der Waals surface area contributed by atoms with E-state index in [0.29, 0.717) is 50.4 Å². The predicted octanol–water partition coefficient (Wildman–Crippen LogP) is 3.09. The van der Waals surface area contributed by atoms with E-state index in [-0.39, 0.29) is 63.0 Å². The van der Waals surface area contributed by atoms with Crippen molar-refractivity contribution in [3.8, 4) is 17.0 Å². The van der Waals surface area contributed by atoms with Crippen LogP contribution in [0.4, 0.5) is 14.5 Å². The molecular formula is C30H32Cl2F2N6O7. The SMILES string of the molecule is Cn1c(-c2ccc(OCF)c(F)c2Cl)cnc1C(=O)Nc1ccc(C(=O)N2CCC(C(=O)N[C@@H]3CNC[C@H]3O)CC2)c(Cl)c1.O=CO. The molecule has 2 aromatic carbocycles. The van der Waals surface area contributed by atoms with Crippen LogP contribution in [0.5, 0.6) is 5.75 Å². The van der Waals surface area contributed by atoms with E-state index in [2.05, 4.69) is 25.7 Å². The molecule has 0 unspecified atom stereocenters. The number of hydrogen-bond acceptors (Lipinski definition) is 8. The molecule has 0 radical (unpaired) electrons. The molecule has 5 N–H and O–H groups in total. The number of ether oxygens (including phenoxy) is 1. The maximum atomic E-state index is 14.5. The number of carbonyl (C=O) groups is 4. The molecule has 0 saturated carbocycles. The van der Waals surface area contributed by atoms with Gasteiger partial charge in [-0.25, -0.2) is 13.8 Å². The molecule has 13 nitrogen and oxygen atoms in total. The van der Waals surface area contributed by atoms with Gasteiger partial charge in [0.15, 0.2) is 17.4 Å². The Morgan fingerprint density at radius 2 is 1.87 bits per heavy atom. The van der Waals surface area contributed by atoms with E-state index in [9.17, 15) is 28.3 Å². The first kappa shape index (κ1) is 35.5. The highest BCUT2D eigenvalue weighted by Gasteiger charge is 2.32. The third-order valence-corrected chi connectivity index (χ3v) is 8.53. The zero-order chi connectivity index (χ0) is 34.2. The summed E-state index contributed by atoms with van der Waals surface area (Å²) in [6.45, 7) is 0.243. The van der Waals surface area contributed by atoms with Crippen LogP contribution in [0, 0.1) is 11.7 Å². The van der Waals surface area contributed by atoms with Crippen molar-refractivity contribution in [2.24, 2.45) is 13.0 Å². The second-order valence-corrected chi connectivity index (χ2v) is 11.5. The molecule has 2 saturated heterocycles. The van der Waals surface area contributed by atoms with Gasteiger partial charge in [-0.3, -0.25) is 19.2 Å². The van der Waals surface area contributed by atoms with Crippen LogP contribution in [-0.4, -0.2) is 94.0 Å². The zero-order valence-electron chi connectivity index (χ0n) is 25.0. The molecule has 0 aliphatic carbocycles. The molecule has 2 fully saturated rings. The summed E-state index contributed by atoms with van der Waals surface area (Å²) in [6.07, 6.45) is 1.70. The smallest absolute Gasteiger partial charge is 0.291 e. The number of nitrogens with one attached hydrogen (secondary N) is 3. The zero-order valence-corrected chi connectivity index (χ0v) is 26.5. The van der Waals surface area contributed by atoms with E-state index in [4.69, 9.17) is 33.1 Å². The molecule has 3 amide bonds. The van der Waals surface area contributed by atoms with Crippen LogP contribution >= 0.6 is 23.2 Å². The Kier molecular flexibility index (Phi) is 12.1. The number of hydrogen-bond donors (Lipinski definition) is 5. The standard InChI is InChI=1S/C29H30Cl2F2N6O5.CH2O2/c1-38-21(18-4-5-23(44-14-32)25(33)24(18)31)12-35-26(38)28(42)36-16-2-3-17(19(30)10-16)29(43)39-8-6-15(7-9-39)27(41)37-20-11-34-13-22(20)40;2-1-3/h2-5,10,12,15,20,22,34,40H,6-9,11,13-14H2,1H3,(H,36,42)(H,37,41);1H,(H,2,3)/t20-,22-;/m1./s1. The van der Waals surface area contributed by atoms with E-state index in [0.717, 1.165) is 0 Å². The van der Waals surface area contributed by atoms with Crippen LogP contribution in [0.2, 0.25) is 10.0 Å². The number of aliphatic hydroxyl groups excluding tert-OH is 1. The molecule has 252 valence electrons. The first-order chi connectivity index (χ1) is 22.5. The molecule has 2 atom stereocenters. The Bertz CT molecular complexity index is 1630. The fraction of sp³-hybridized carbons (Fsp3) is 0.367. The van der Waals surface area contributed by atoms with Crippen LogP contribution in [-0.2, 0) is 16.6 Å². The number of amides is 3. The van der Waals surface area contributed by atoms with Crippen LogP contribution in [0.15, 0.2) is 36.5 Å². The van der Waals surface area contributed by atoms with E-state index < -0.39 is 24.7 Å². The molecule has 47 heavy (non-hydrogen) atoms. The summed E-state index contributed by atoms with van der Waals surface area (Å²) in [5.74, 6) is -2.55. The fourth-order valence-corrected chi connectivity index (χ4v) is 5.87. The number of nitrogens with zero attached hydrogens (tertiary/aromatic N) is 3. The number of carboxylic acid groups (broad SMARTS) is 1. The van der Waals surface area contributed by atoms with Gasteiger partial charge in [-0.2, -0.15) is 0 Å². The number of alkyl halides is 1. The van der Waals surface area contributed by atoms with E-state index in [1.54, 1.807) is 11.9 Å². The van der Waals surface area contributed by atoms with Gasteiger partial charge in [0.2, 0.25) is 12.8 Å². The van der Waals surface area contributed by atoms with Crippen molar-refractivity contribution in [2.45, 2.75) is 25.0 Å². The topological polar surface area (TPSA) is 175 Å². The Balaban J connectivity index is 0.00000160. The van der Waals surface area contributed by atoms with Crippen LogP contribution in [0.3, 0.4) is 0 Å². The second kappa shape index (κ2) is 16.0. The van der Waals surface area contributed by atoms with Crippen LogP contribution < -0.4 is 20.7 Å². The summed E-state index contributed by atoms with van der Waals surface area (Å²) in [6, 6.07) is 6.85. The Labute approximate surface area is 277 Å². The van der Waals surface area contributed by atoms with Gasteiger partial charge in [-0.15, -0.1) is 0 Å². The number of piperidine rings is 1. The lowest BCUT2D eigenvalue weighted by Crippen LogP contribution is -2.48. The number of benzene rings is 2. The lowest BCUT2D eigenvalue weighted by Gasteiger charge is -2.32. The van der Waals surface area contributed by atoms with E-state index in [1.807, 2.05) is 0 Å². The van der Waals surface area contributed by atoms with Crippen LogP contribution in [0.1, 0.15) is 33.8 Å². The van der Waals surface area contributed by atoms with E-state index in [1.165, 1.54) is 41.1 Å². The maximum Gasteiger partial charge on any atom is 0.291 e. The predicted molar refractivity (Wildman–Crippen MR) is 168 cm³/mol. The number of aliphatic hydroxyl groups is 1. The monoisotopic (exact) mass is 696 g/mol. The number of rotatable bonds is 8. The highest BCUT2D eigenvalue weighted by Crippen LogP contribution is 2.35. The minimum absolute atomic E-state index is 0.0116. The first-order valence-electron chi connectivity index (χ1n) is 14.4. The number of imidazole rings is 1. The summed E-state index contributed by atoms with van der Waals surface area (Å²) in [7, 11) is 1.55. The quantitative estimate of drug-likeness (QED) is 0.222. The van der Waals surface area contributed by atoms with E-state index >= 15 is 0 Å². The molecule has 2 aliphatic heterocycles. The molecule has 2 aliphatic rings. The van der Waals surface area contributed by atoms with Gasteiger partial charge in [0.25, 0.3) is 18.3 Å². The lowest BCUT2D eigenvalue weighted by molar-refractivity contribution is -0.127. The number of β-amino-alcohol motifs (C(OH)–C–C–N with tert-alkyl or cyclic N) is 1. The summed E-state index contributed by atoms with van der Waals surface area (Å²) in [5.41, 5.74) is 1.13. The van der Waals surface area contributed by atoms with Gasteiger partial charge in [0.1, 0.15) is 0 Å². The summed E-state index contributed by atoms with van der Waals surface area (Å²) in [5, 5.41) is 25.2. The normalized spacial score (nSPS) is 17.8. The second-order valence-electron chi connectivity index (χ2n) is 10.7. The van der Waals surface area contributed by atoms with Crippen molar-refractivity contribution in [3.63, 3.8) is 0 Å². The van der Waals surface area contributed by atoms with Crippen molar-refractivity contribution in [2.75, 3.05) is 38.4 Å². The van der Waals surface area contributed by atoms with Gasteiger partial charge in [0, 0.05) is 50.4 Å². The van der Waals surface area contributed by atoms with Gasteiger partial charge < -0.3 is 40.4 Å². The molecule has 17 heteroatoms. The largest absolute Gasteiger partial charge is 0.483 e. The third kappa shape index (κ3) is 8.16. The maximum absolute atomic E-state index is 14.5. The summed E-state index contributed by atoms with van der Waals surface area (Å²) < 4.78 is 33.0. The van der Waals surface area contributed by atoms with Gasteiger partial charge in [-0.05, 0) is 43.2 Å². The molecule has 3 heterocycles. The molecule has 5 rings (SSSR count). The average Bonchev–Trinajstić information content (AvgIpc) is 3.64. The number of anilines is 1. The first-order valence-corrected chi connectivity index (χ1v) is 15.1. The summed E-state index contributed by atoms with van der Waals surface area (Å²) in [4.78, 5) is 53.0. The van der Waals surface area contributed by atoms with Crippen molar-refractivity contribution in [1.82, 2.24) is 25.1 Å². The minimum Gasteiger partial charge on any atom is -0.483 e. The number of likely N-dealkylation sites (tertiary alicyclic amines) is 1. The number of halogens is 4. The molecule has 0 bridgehead atoms. The fourth-order valence-electron chi connectivity index (χ4n) is 5.35. The van der Waals surface area contributed by atoms with Gasteiger partial charge >= 0.3 is 0 Å². The molecule has 0 spiro atoms. The van der Waals surface area contributed by atoms with Crippen molar-refractivity contribution < 1.29 is 42.9 Å². The highest BCUT2D eigenvalue weighted by molar-refractivity contribution is 6.34.